The molecule has 1 spiro atoms. The topological polar surface area (TPSA) is 3.24 Å². The van der Waals surface area contributed by atoms with Crippen molar-refractivity contribution >= 4 is 17.1 Å². The third-order valence-electron chi connectivity index (χ3n) is 10.7. The Morgan fingerprint density at radius 3 is 1.36 bits per heavy atom. The van der Waals surface area contributed by atoms with Gasteiger partial charge in [-0.3, -0.25) is 0 Å². The molecule has 0 unspecified atom stereocenters. The van der Waals surface area contributed by atoms with Crippen molar-refractivity contribution < 1.29 is 0 Å². The molecule has 0 saturated carbocycles. The van der Waals surface area contributed by atoms with Gasteiger partial charge in [-0.1, -0.05) is 164 Å². The van der Waals surface area contributed by atoms with Crippen molar-refractivity contribution in [2.75, 3.05) is 4.90 Å². The van der Waals surface area contributed by atoms with Crippen molar-refractivity contribution in [2.24, 2.45) is 0 Å². The summed E-state index contributed by atoms with van der Waals surface area (Å²) in [7, 11) is 0. The lowest BCUT2D eigenvalue weighted by Crippen LogP contribution is -2.25. The maximum Gasteiger partial charge on any atom is 0.0725 e. The zero-order chi connectivity index (χ0) is 33.1. The molecule has 0 radical (unpaired) electrons. The lowest BCUT2D eigenvalue weighted by Gasteiger charge is -2.31. The van der Waals surface area contributed by atoms with E-state index in [2.05, 4.69) is 205 Å². The predicted octanol–water partition coefficient (Wildman–Crippen LogP) is 12.8. The van der Waals surface area contributed by atoms with Gasteiger partial charge in [0.15, 0.2) is 0 Å². The van der Waals surface area contributed by atoms with E-state index in [0.717, 1.165) is 17.1 Å². The van der Waals surface area contributed by atoms with Crippen LogP contribution < -0.4 is 4.90 Å². The van der Waals surface area contributed by atoms with Crippen LogP contribution in [-0.2, 0) is 5.41 Å². The highest BCUT2D eigenvalue weighted by Crippen LogP contribution is 2.63. The Labute approximate surface area is 293 Å². The number of anilines is 3. The number of benzene rings is 8. The minimum absolute atomic E-state index is 0.359. The van der Waals surface area contributed by atoms with Gasteiger partial charge in [0, 0.05) is 16.9 Å². The average molecular weight is 636 g/mol. The maximum atomic E-state index is 2.43. The molecule has 0 atom stereocenters. The van der Waals surface area contributed by atoms with Gasteiger partial charge < -0.3 is 4.90 Å². The molecule has 2 aliphatic carbocycles. The largest absolute Gasteiger partial charge is 0.310 e. The number of hydrogen-bond acceptors (Lipinski definition) is 1. The first-order valence-electron chi connectivity index (χ1n) is 17.4. The average Bonchev–Trinajstić information content (AvgIpc) is 3.66. The highest BCUT2D eigenvalue weighted by Gasteiger charge is 2.51. The highest BCUT2D eigenvalue weighted by molar-refractivity contribution is 5.97. The van der Waals surface area contributed by atoms with Gasteiger partial charge in [0.25, 0.3) is 0 Å². The van der Waals surface area contributed by atoms with Crippen LogP contribution in [-0.4, -0.2) is 0 Å². The first kappa shape index (κ1) is 28.6. The van der Waals surface area contributed by atoms with E-state index in [1.807, 2.05) is 0 Å². The molecule has 8 aromatic rings. The minimum Gasteiger partial charge on any atom is -0.310 e. The molecule has 50 heavy (non-hydrogen) atoms. The summed E-state index contributed by atoms with van der Waals surface area (Å²) in [5.41, 5.74) is 18.5. The van der Waals surface area contributed by atoms with E-state index in [1.54, 1.807) is 0 Å². The van der Waals surface area contributed by atoms with Crippen LogP contribution in [0.15, 0.2) is 200 Å². The second-order valence-electron chi connectivity index (χ2n) is 13.3. The summed E-state index contributed by atoms with van der Waals surface area (Å²) in [5.74, 6) is 0. The summed E-state index contributed by atoms with van der Waals surface area (Å²) >= 11 is 0. The van der Waals surface area contributed by atoms with Crippen molar-refractivity contribution in [2.45, 2.75) is 5.41 Å². The summed E-state index contributed by atoms with van der Waals surface area (Å²) in [6.07, 6.45) is 0. The van der Waals surface area contributed by atoms with Crippen molar-refractivity contribution in [3.05, 3.63) is 222 Å². The predicted molar refractivity (Wildman–Crippen MR) is 208 cm³/mol. The van der Waals surface area contributed by atoms with Crippen molar-refractivity contribution in [3.63, 3.8) is 0 Å². The van der Waals surface area contributed by atoms with E-state index in [9.17, 15) is 0 Å². The Balaban J connectivity index is 1.23. The molecule has 2 aliphatic rings. The summed E-state index contributed by atoms with van der Waals surface area (Å²) in [5, 5.41) is 0. The maximum absolute atomic E-state index is 2.43. The molecule has 0 amide bonds. The SMILES string of the molecule is c1ccc(-c2ccc(N(c3ccccc3)c3ccc4c(c3)-c3ccccc3C43c4ccccc4-c4ccccc43)c(-c3ccccc3)c2)cc1. The van der Waals surface area contributed by atoms with E-state index in [1.165, 1.54) is 66.8 Å². The van der Waals surface area contributed by atoms with Crippen molar-refractivity contribution in [1.82, 2.24) is 0 Å². The van der Waals surface area contributed by atoms with Crippen LogP contribution in [0.5, 0.6) is 0 Å². The van der Waals surface area contributed by atoms with Gasteiger partial charge in [-0.25, -0.2) is 0 Å². The molecule has 10 rings (SSSR count). The fourth-order valence-corrected chi connectivity index (χ4v) is 8.62. The number of hydrogen-bond donors (Lipinski definition) is 0. The Morgan fingerprint density at radius 1 is 0.280 bits per heavy atom. The van der Waals surface area contributed by atoms with Crippen molar-refractivity contribution in [3.8, 4) is 44.5 Å². The Kier molecular flexibility index (Phi) is 6.47. The van der Waals surface area contributed by atoms with E-state index in [0.29, 0.717) is 0 Å². The molecule has 0 N–H and O–H groups in total. The fourth-order valence-electron chi connectivity index (χ4n) is 8.62. The van der Waals surface area contributed by atoms with Crippen LogP contribution in [0, 0.1) is 0 Å². The van der Waals surface area contributed by atoms with Crippen LogP contribution in [0.4, 0.5) is 17.1 Å². The molecule has 0 saturated heterocycles. The Morgan fingerprint density at radius 2 is 0.760 bits per heavy atom. The fraction of sp³-hybridized carbons (Fsp3) is 0.0204. The van der Waals surface area contributed by atoms with Crippen LogP contribution in [0.3, 0.4) is 0 Å². The Hall–Kier alpha value is -6.44. The highest BCUT2D eigenvalue weighted by atomic mass is 15.1. The summed E-state index contributed by atoms with van der Waals surface area (Å²) in [4.78, 5) is 2.43. The molecule has 8 aromatic carbocycles. The monoisotopic (exact) mass is 635 g/mol. The van der Waals surface area contributed by atoms with Gasteiger partial charge in [0.2, 0.25) is 0 Å². The van der Waals surface area contributed by atoms with Gasteiger partial charge in [0.05, 0.1) is 11.1 Å². The molecule has 1 nitrogen and oxygen atoms in total. The van der Waals surface area contributed by atoms with E-state index in [4.69, 9.17) is 0 Å². The Bertz CT molecular complexity index is 2490. The van der Waals surface area contributed by atoms with Crippen LogP contribution in [0.25, 0.3) is 44.5 Å². The molecular weight excluding hydrogens is 603 g/mol. The molecular formula is C49H33N. The molecule has 0 heterocycles. The summed E-state index contributed by atoms with van der Waals surface area (Å²) < 4.78 is 0. The second kappa shape index (κ2) is 11.3. The van der Waals surface area contributed by atoms with Crippen LogP contribution in [0.1, 0.15) is 22.3 Å². The smallest absolute Gasteiger partial charge is 0.0725 e. The minimum atomic E-state index is -0.359. The molecule has 0 fully saturated rings. The van der Waals surface area contributed by atoms with Crippen LogP contribution in [0.2, 0.25) is 0 Å². The van der Waals surface area contributed by atoms with Gasteiger partial charge in [-0.05, 0) is 97.6 Å². The molecule has 0 aromatic heterocycles. The number of para-hydroxylation sites is 1. The zero-order valence-corrected chi connectivity index (χ0v) is 27.5. The van der Waals surface area contributed by atoms with E-state index in [-0.39, 0.29) is 5.41 Å². The third-order valence-corrected chi connectivity index (χ3v) is 10.7. The van der Waals surface area contributed by atoms with Gasteiger partial charge in [-0.15, -0.1) is 0 Å². The lowest BCUT2D eigenvalue weighted by molar-refractivity contribution is 0.794. The lowest BCUT2D eigenvalue weighted by atomic mass is 9.70. The quantitative estimate of drug-likeness (QED) is 0.182. The van der Waals surface area contributed by atoms with E-state index >= 15 is 0 Å². The molecule has 234 valence electrons. The molecule has 0 aliphatic heterocycles. The third kappa shape index (κ3) is 4.14. The zero-order valence-electron chi connectivity index (χ0n) is 27.5. The normalized spacial score (nSPS) is 13.0. The van der Waals surface area contributed by atoms with Gasteiger partial charge >= 0.3 is 0 Å². The first-order valence-corrected chi connectivity index (χ1v) is 17.4. The van der Waals surface area contributed by atoms with E-state index < -0.39 is 0 Å². The molecule has 1 heteroatoms. The van der Waals surface area contributed by atoms with Crippen molar-refractivity contribution in [1.29, 1.82) is 0 Å². The van der Waals surface area contributed by atoms with Gasteiger partial charge in [-0.2, -0.15) is 0 Å². The number of nitrogens with zero attached hydrogens (tertiary/aromatic N) is 1. The first-order chi connectivity index (χ1) is 24.8. The second-order valence-corrected chi connectivity index (χ2v) is 13.3. The summed E-state index contributed by atoms with van der Waals surface area (Å²) in [6.45, 7) is 0. The standard InChI is InChI=1S/C49H33N/c1-4-16-34(17-5-1)36-28-31-48(42(32-36)35-18-6-2-7-19-35)50(37-20-8-3-9-21-37)38-29-30-47-43(33-38)41-24-12-15-27-46(41)49(47)44-25-13-10-22-39(44)40-23-11-14-26-45(40)49/h1-33H. The number of rotatable bonds is 5. The summed E-state index contributed by atoms with van der Waals surface area (Å²) in [6, 6.07) is 73.3. The molecule has 0 bridgehead atoms. The number of fused-ring (bicyclic) bond motifs is 10. The van der Waals surface area contributed by atoms with Gasteiger partial charge in [0.1, 0.15) is 0 Å². The van der Waals surface area contributed by atoms with Crippen LogP contribution >= 0.6 is 0 Å².